The van der Waals surface area contributed by atoms with Crippen LogP contribution in [0.15, 0.2) is 42.6 Å². The van der Waals surface area contributed by atoms with Crippen LogP contribution < -0.4 is 15.5 Å². The highest BCUT2D eigenvalue weighted by Gasteiger charge is 2.38. The summed E-state index contributed by atoms with van der Waals surface area (Å²) in [5.74, 6) is -0.679. The van der Waals surface area contributed by atoms with E-state index in [1.54, 1.807) is 0 Å². The van der Waals surface area contributed by atoms with Gasteiger partial charge in [0.15, 0.2) is 11.9 Å². The Hall–Kier alpha value is -3.14. The number of anilines is 2. The van der Waals surface area contributed by atoms with Crippen LogP contribution in [0.25, 0.3) is 0 Å². The van der Waals surface area contributed by atoms with Gasteiger partial charge in [-0.3, -0.25) is 9.59 Å². The van der Waals surface area contributed by atoms with Gasteiger partial charge in [0.25, 0.3) is 5.91 Å². The van der Waals surface area contributed by atoms with Gasteiger partial charge in [-0.15, -0.1) is 0 Å². The number of pyridine rings is 1. The second-order valence-electron chi connectivity index (χ2n) is 6.18. The molecule has 1 atom stereocenters. The van der Waals surface area contributed by atoms with Crippen LogP contribution in [0.1, 0.15) is 15.9 Å². The van der Waals surface area contributed by atoms with Gasteiger partial charge in [0.2, 0.25) is 5.91 Å². The molecule has 28 heavy (non-hydrogen) atoms. The number of hydrogen-bond acceptors (Lipinski definition) is 5. The summed E-state index contributed by atoms with van der Waals surface area (Å²) in [6.07, 6.45) is -6.30. The van der Waals surface area contributed by atoms with Gasteiger partial charge in [0.1, 0.15) is 0 Å². The van der Waals surface area contributed by atoms with Crippen molar-refractivity contribution in [3.8, 4) is 0 Å². The van der Waals surface area contributed by atoms with E-state index in [1.807, 2.05) is 35.6 Å². The number of amides is 2. The second-order valence-corrected chi connectivity index (χ2v) is 6.18. The van der Waals surface area contributed by atoms with E-state index in [-0.39, 0.29) is 24.6 Å². The maximum absolute atomic E-state index is 12.4. The molecule has 3 N–H and O–H groups in total. The molecule has 0 spiro atoms. The first-order valence-electron chi connectivity index (χ1n) is 8.37. The molecule has 0 aliphatic carbocycles. The third kappa shape index (κ3) is 4.39. The van der Waals surface area contributed by atoms with Crippen LogP contribution in [0.4, 0.5) is 24.7 Å². The number of aliphatic hydroxyl groups is 1. The van der Waals surface area contributed by atoms with Gasteiger partial charge in [-0.1, -0.05) is 30.3 Å². The molecule has 0 saturated heterocycles. The molecular weight excluding hydrogens is 377 g/mol. The molecule has 10 heteroatoms. The van der Waals surface area contributed by atoms with Crippen LogP contribution in [0.2, 0.25) is 0 Å². The summed E-state index contributed by atoms with van der Waals surface area (Å²) in [6.45, 7) is -0.686. The predicted molar refractivity (Wildman–Crippen MR) is 94.8 cm³/mol. The van der Waals surface area contributed by atoms with Gasteiger partial charge >= 0.3 is 6.18 Å². The molecule has 1 aromatic heterocycles. The predicted octanol–water partition coefficient (Wildman–Crippen LogP) is 1.69. The van der Waals surface area contributed by atoms with Crippen molar-refractivity contribution in [3.63, 3.8) is 0 Å². The summed E-state index contributed by atoms with van der Waals surface area (Å²) < 4.78 is 37.1. The molecule has 1 aromatic carbocycles. The standard InChI is InChI=1S/C18H17F3N4O3/c19-18(20,21)14(26)8-24-17(28)12-6-13-16(22-7-12)23-9-15(27)25(13)10-11-4-2-1-3-5-11/h1-7,14,26H,8-10H2,(H,22,23)(H,24,28). The minimum absolute atomic E-state index is 0.0253. The lowest BCUT2D eigenvalue weighted by atomic mass is 10.1. The number of hydrogen-bond donors (Lipinski definition) is 3. The number of nitrogens with one attached hydrogen (secondary N) is 2. The summed E-state index contributed by atoms with van der Waals surface area (Å²) in [5, 5.41) is 13.9. The Morgan fingerprint density at radius 2 is 2.04 bits per heavy atom. The van der Waals surface area contributed by atoms with Gasteiger partial charge < -0.3 is 20.6 Å². The number of benzene rings is 1. The second kappa shape index (κ2) is 7.85. The average Bonchev–Trinajstić information content (AvgIpc) is 2.67. The quantitative estimate of drug-likeness (QED) is 0.718. The lowest BCUT2D eigenvalue weighted by molar-refractivity contribution is -0.201. The van der Waals surface area contributed by atoms with Gasteiger partial charge in [-0.05, 0) is 11.6 Å². The average molecular weight is 394 g/mol. The number of rotatable bonds is 5. The van der Waals surface area contributed by atoms with E-state index >= 15 is 0 Å². The Bertz CT molecular complexity index is 874. The number of alkyl halides is 3. The molecule has 7 nitrogen and oxygen atoms in total. The fourth-order valence-electron chi connectivity index (χ4n) is 2.65. The van der Waals surface area contributed by atoms with Gasteiger partial charge in [-0.2, -0.15) is 13.2 Å². The number of aliphatic hydroxyl groups excluding tert-OH is 1. The molecule has 0 fully saturated rings. The Morgan fingerprint density at radius 1 is 1.32 bits per heavy atom. The van der Waals surface area contributed by atoms with Crippen LogP contribution in [-0.2, 0) is 11.3 Å². The molecule has 0 bridgehead atoms. The van der Waals surface area contributed by atoms with E-state index in [0.717, 1.165) is 5.56 Å². The monoisotopic (exact) mass is 394 g/mol. The first-order valence-corrected chi connectivity index (χ1v) is 8.37. The number of carbonyl (C=O) groups is 2. The van der Waals surface area contributed by atoms with Crippen LogP contribution in [0.5, 0.6) is 0 Å². The number of carbonyl (C=O) groups excluding carboxylic acids is 2. The fraction of sp³-hybridized carbons (Fsp3) is 0.278. The molecule has 3 rings (SSSR count). The molecule has 2 heterocycles. The van der Waals surface area contributed by atoms with Crippen molar-refractivity contribution >= 4 is 23.3 Å². The van der Waals surface area contributed by atoms with Crippen LogP contribution in [-0.4, -0.2) is 47.3 Å². The van der Waals surface area contributed by atoms with Crippen LogP contribution in [0, 0.1) is 0 Å². The fourth-order valence-corrected chi connectivity index (χ4v) is 2.65. The highest BCUT2D eigenvalue weighted by molar-refractivity contribution is 6.04. The van der Waals surface area contributed by atoms with E-state index in [9.17, 15) is 22.8 Å². The van der Waals surface area contributed by atoms with Crippen molar-refractivity contribution < 1.29 is 27.9 Å². The zero-order valence-corrected chi connectivity index (χ0v) is 14.5. The number of aromatic nitrogens is 1. The Labute approximate surface area is 158 Å². The van der Waals surface area contributed by atoms with Gasteiger partial charge in [0.05, 0.1) is 30.9 Å². The van der Waals surface area contributed by atoms with E-state index < -0.39 is 24.7 Å². The van der Waals surface area contributed by atoms with E-state index in [0.29, 0.717) is 11.5 Å². The van der Waals surface area contributed by atoms with Crippen molar-refractivity contribution in [3.05, 3.63) is 53.7 Å². The van der Waals surface area contributed by atoms with Crippen molar-refractivity contribution in [2.45, 2.75) is 18.8 Å². The summed E-state index contributed by atoms with van der Waals surface area (Å²) in [5.41, 5.74) is 1.19. The smallest absolute Gasteiger partial charge is 0.382 e. The summed E-state index contributed by atoms with van der Waals surface area (Å²) >= 11 is 0. The maximum Gasteiger partial charge on any atom is 0.416 e. The first-order chi connectivity index (χ1) is 13.3. The van der Waals surface area contributed by atoms with E-state index in [2.05, 4.69) is 10.3 Å². The first kappa shape index (κ1) is 19.6. The number of nitrogens with zero attached hydrogens (tertiary/aromatic N) is 2. The summed E-state index contributed by atoms with van der Waals surface area (Å²) in [6, 6.07) is 10.6. The molecule has 0 saturated carbocycles. The highest BCUT2D eigenvalue weighted by Crippen LogP contribution is 2.30. The molecule has 1 aliphatic heterocycles. The van der Waals surface area contributed by atoms with Crippen LogP contribution in [0.3, 0.4) is 0 Å². The molecule has 2 amide bonds. The minimum Gasteiger partial charge on any atom is -0.382 e. The van der Waals surface area contributed by atoms with Crippen molar-refractivity contribution in [2.24, 2.45) is 0 Å². The van der Waals surface area contributed by atoms with Crippen molar-refractivity contribution in [1.82, 2.24) is 10.3 Å². The van der Waals surface area contributed by atoms with Crippen molar-refractivity contribution in [1.29, 1.82) is 0 Å². The zero-order chi connectivity index (χ0) is 20.3. The largest absolute Gasteiger partial charge is 0.416 e. The number of halogens is 3. The van der Waals surface area contributed by atoms with Crippen LogP contribution >= 0.6 is 0 Å². The normalized spacial score (nSPS) is 14.9. The molecule has 1 aliphatic rings. The van der Waals surface area contributed by atoms with Gasteiger partial charge in [-0.25, -0.2) is 4.98 Å². The zero-order valence-electron chi connectivity index (χ0n) is 14.5. The lowest BCUT2D eigenvalue weighted by Gasteiger charge is -2.29. The highest BCUT2D eigenvalue weighted by atomic mass is 19.4. The Morgan fingerprint density at radius 3 is 2.71 bits per heavy atom. The Balaban J connectivity index is 1.80. The van der Waals surface area contributed by atoms with Crippen molar-refractivity contribution in [2.75, 3.05) is 23.3 Å². The minimum atomic E-state index is -4.83. The topological polar surface area (TPSA) is 94.6 Å². The van der Waals surface area contributed by atoms with E-state index in [1.165, 1.54) is 17.2 Å². The molecule has 148 valence electrons. The van der Waals surface area contributed by atoms with Gasteiger partial charge in [0, 0.05) is 6.20 Å². The third-order valence-corrected chi connectivity index (χ3v) is 4.15. The Kier molecular flexibility index (Phi) is 5.50. The number of fused-ring (bicyclic) bond motifs is 1. The maximum atomic E-state index is 12.4. The van der Waals surface area contributed by atoms with E-state index in [4.69, 9.17) is 5.11 Å². The molecule has 2 aromatic rings. The summed E-state index contributed by atoms with van der Waals surface area (Å²) in [7, 11) is 0. The summed E-state index contributed by atoms with van der Waals surface area (Å²) in [4.78, 5) is 30.0. The molecule has 1 unspecified atom stereocenters. The SMILES string of the molecule is O=C(NCC(O)C(F)(F)F)c1cnc2c(c1)N(Cc1ccccc1)C(=O)CN2. The third-order valence-electron chi connectivity index (χ3n) is 4.15. The molecular formula is C18H17F3N4O3. The lowest BCUT2D eigenvalue weighted by Crippen LogP contribution is -2.41. The molecule has 0 radical (unpaired) electrons.